The van der Waals surface area contributed by atoms with Crippen LogP contribution in [0.5, 0.6) is 5.75 Å². The Hall–Kier alpha value is -2.67. The van der Waals surface area contributed by atoms with Gasteiger partial charge >= 0.3 is 0 Å². The lowest BCUT2D eigenvalue weighted by molar-refractivity contribution is 0.0993. The van der Waals surface area contributed by atoms with Gasteiger partial charge in [-0.25, -0.2) is 0 Å². The zero-order valence-electron chi connectivity index (χ0n) is 15.1. The van der Waals surface area contributed by atoms with Crippen LogP contribution in [0.25, 0.3) is 5.69 Å². The number of hydrogen-bond donors (Lipinski definition) is 0. The number of aryl methyl sites for hydroxylation is 2. The molecular formula is C19H20N4O2S. The van der Waals surface area contributed by atoms with Crippen LogP contribution >= 0.6 is 11.8 Å². The van der Waals surface area contributed by atoms with Crippen LogP contribution in [0.2, 0.25) is 0 Å². The zero-order chi connectivity index (χ0) is 18.7. The molecule has 1 heterocycles. The highest BCUT2D eigenvalue weighted by atomic mass is 32.2. The summed E-state index contributed by atoms with van der Waals surface area (Å²) in [4.78, 5) is 12.9. The number of ether oxygens (including phenoxy) is 1. The second-order valence-electron chi connectivity index (χ2n) is 5.99. The number of benzene rings is 2. The Morgan fingerprint density at radius 2 is 1.96 bits per heavy atom. The Bertz CT molecular complexity index is 939. The van der Waals surface area contributed by atoms with Crippen LogP contribution in [-0.4, -0.2) is 38.4 Å². The third-order valence-electron chi connectivity index (χ3n) is 4.06. The molecule has 0 spiro atoms. The molecule has 26 heavy (non-hydrogen) atoms. The van der Waals surface area contributed by atoms with Crippen LogP contribution < -0.4 is 4.74 Å². The fourth-order valence-corrected chi connectivity index (χ4v) is 3.51. The number of hydrogen-bond acceptors (Lipinski definition) is 6. The molecule has 134 valence electrons. The van der Waals surface area contributed by atoms with Gasteiger partial charge in [0, 0.05) is 5.56 Å². The maximum Gasteiger partial charge on any atom is 0.214 e. The molecule has 0 saturated carbocycles. The molecule has 3 aromatic rings. The summed E-state index contributed by atoms with van der Waals surface area (Å²) < 4.78 is 6.98. The number of carbonyl (C=O) groups excluding carboxylic acids is 1. The fourth-order valence-electron chi connectivity index (χ4n) is 2.64. The van der Waals surface area contributed by atoms with E-state index in [2.05, 4.69) is 15.5 Å². The summed E-state index contributed by atoms with van der Waals surface area (Å²) in [5.41, 5.74) is 3.50. The van der Waals surface area contributed by atoms with Crippen molar-refractivity contribution in [3.63, 3.8) is 0 Å². The van der Waals surface area contributed by atoms with Gasteiger partial charge in [-0.15, -0.1) is 5.10 Å². The van der Waals surface area contributed by atoms with Crippen molar-refractivity contribution in [1.29, 1.82) is 0 Å². The van der Waals surface area contributed by atoms with Crippen LogP contribution in [0, 0.1) is 13.8 Å². The van der Waals surface area contributed by atoms with E-state index in [1.807, 2.05) is 63.2 Å². The number of rotatable bonds is 6. The van der Waals surface area contributed by atoms with Gasteiger partial charge in [0.05, 0.1) is 12.4 Å². The van der Waals surface area contributed by atoms with Gasteiger partial charge in [0.1, 0.15) is 11.4 Å². The van der Waals surface area contributed by atoms with Gasteiger partial charge in [0.25, 0.3) is 0 Å². The van der Waals surface area contributed by atoms with E-state index in [-0.39, 0.29) is 11.0 Å². The van der Waals surface area contributed by atoms with E-state index in [0.29, 0.717) is 10.9 Å². The van der Waals surface area contributed by atoms with Crippen molar-refractivity contribution in [3.05, 3.63) is 59.2 Å². The number of Topliss-reactive ketones (excluding diaryl/α,β-unsaturated/α-hetero) is 1. The van der Waals surface area contributed by atoms with Crippen molar-refractivity contribution in [1.82, 2.24) is 20.2 Å². The van der Waals surface area contributed by atoms with Gasteiger partial charge in [0.15, 0.2) is 5.78 Å². The van der Waals surface area contributed by atoms with Gasteiger partial charge in [-0.1, -0.05) is 41.6 Å². The van der Waals surface area contributed by atoms with Crippen molar-refractivity contribution in [3.8, 4) is 11.4 Å². The first-order valence-corrected chi connectivity index (χ1v) is 9.09. The SMILES string of the molecule is COc1ccccc1-n1nnnc1SC(C)C(=O)c1cc(C)ccc1C. The third-order valence-corrected chi connectivity index (χ3v) is 5.10. The minimum Gasteiger partial charge on any atom is -0.494 e. The van der Waals surface area contributed by atoms with E-state index < -0.39 is 0 Å². The van der Waals surface area contributed by atoms with E-state index in [0.717, 1.165) is 22.4 Å². The van der Waals surface area contributed by atoms with Crippen LogP contribution in [0.1, 0.15) is 28.4 Å². The van der Waals surface area contributed by atoms with Crippen LogP contribution in [-0.2, 0) is 0 Å². The van der Waals surface area contributed by atoms with Gasteiger partial charge < -0.3 is 4.74 Å². The first kappa shape index (κ1) is 18.1. The molecule has 0 bridgehead atoms. The minimum atomic E-state index is -0.324. The molecule has 1 unspecified atom stereocenters. The normalized spacial score (nSPS) is 12.0. The number of para-hydroxylation sites is 2. The largest absolute Gasteiger partial charge is 0.494 e. The van der Waals surface area contributed by atoms with E-state index in [4.69, 9.17) is 4.74 Å². The van der Waals surface area contributed by atoms with Crippen molar-refractivity contribution < 1.29 is 9.53 Å². The predicted octanol–water partition coefficient (Wildman–Crippen LogP) is 3.65. The van der Waals surface area contributed by atoms with Gasteiger partial charge in [-0.3, -0.25) is 4.79 Å². The number of tetrazole rings is 1. The summed E-state index contributed by atoms with van der Waals surface area (Å²) in [6.07, 6.45) is 0. The second kappa shape index (κ2) is 7.70. The van der Waals surface area contributed by atoms with Gasteiger partial charge in [0.2, 0.25) is 5.16 Å². The Morgan fingerprint density at radius 1 is 1.19 bits per heavy atom. The molecule has 0 N–H and O–H groups in total. The Balaban J connectivity index is 1.87. The van der Waals surface area contributed by atoms with Crippen molar-refractivity contribution in [2.45, 2.75) is 31.2 Å². The third kappa shape index (κ3) is 3.62. The Labute approximate surface area is 156 Å². The smallest absolute Gasteiger partial charge is 0.214 e. The lowest BCUT2D eigenvalue weighted by Crippen LogP contribution is -2.16. The average Bonchev–Trinajstić information content (AvgIpc) is 3.10. The summed E-state index contributed by atoms with van der Waals surface area (Å²) in [6, 6.07) is 13.4. The molecule has 0 fully saturated rings. The highest BCUT2D eigenvalue weighted by Crippen LogP contribution is 2.29. The molecule has 7 heteroatoms. The average molecular weight is 368 g/mol. The number of thioether (sulfide) groups is 1. The summed E-state index contributed by atoms with van der Waals surface area (Å²) in [6.45, 7) is 5.80. The van der Waals surface area contributed by atoms with E-state index in [1.165, 1.54) is 11.8 Å². The highest BCUT2D eigenvalue weighted by molar-refractivity contribution is 8.00. The number of methoxy groups -OCH3 is 1. The van der Waals surface area contributed by atoms with E-state index in [1.54, 1.807) is 11.8 Å². The van der Waals surface area contributed by atoms with Crippen LogP contribution in [0.3, 0.4) is 0 Å². The molecule has 2 aromatic carbocycles. The fraction of sp³-hybridized carbons (Fsp3) is 0.263. The molecule has 0 amide bonds. The lowest BCUT2D eigenvalue weighted by Gasteiger charge is -2.13. The lowest BCUT2D eigenvalue weighted by atomic mass is 10.0. The highest BCUT2D eigenvalue weighted by Gasteiger charge is 2.22. The molecular weight excluding hydrogens is 348 g/mol. The maximum absolute atomic E-state index is 12.9. The predicted molar refractivity (Wildman–Crippen MR) is 101 cm³/mol. The Kier molecular flexibility index (Phi) is 5.37. The monoisotopic (exact) mass is 368 g/mol. The quantitative estimate of drug-likeness (QED) is 0.489. The first-order chi connectivity index (χ1) is 12.5. The topological polar surface area (TPSA) is 69.9 Å². The summed E-state index contributed by atoms with van der Waals surface area (Å²) in [5, 5.41) is 12.1. The van der Waals surface area contributed by atoms with E-state index in [9.17, 15) is 4.79 Å². The summed E-state index contributed by atoms with van der Waals surface area (Å²) >= 11 is 1.33. The minimum absolute atomic E-state index is 0.0609. The van der Waals surface area contributed by atoms with Crippen molar-refractivity contribution >= 4 is 17.5 Å². The van der Waals surface area contributed by atoms with Crippen molar-refractivity contribution in [2.75, 3.05) is 7.11 Å². The molecule has 0 aliphatic rings. The van der Waals surface area contributed by atoms with Gasteiger partial charge in [-0.2, -0.15) is 4.68 Å². The molecule has 1 aromatic heterocycles. The molecule has 0 aliphatic carbocycles. The number of nitrogens with zero attached hydrogens (tertiary/aromatic N) is 4. The number of ketones is 1. The molecule has 0 aliphatic heterocycles. The van der Waals surface area contributed by atoms with Gasteiger partial charge in [-0.05, 0) is 55.0 Å². The van der Waals surface area contributed by atoms with Crippen LogP contribution in [0.4, 0.5) is 0 Å². The maximum atomic E-state index is 12.9. The summed E-state index contributed by atoms with van der Waals surface area (Å²) in [5.74, 6) is 0.723. The zero-order valence-corrected chi connectivity index (χ0v) is 15.9. The Morgan fingerprint density at radius 3 is 2.73 bits per heavy atom. The standard InChI is InChI=1S/C19H20N4O2S/c1-12-9-10-13(2)15(11-12)18(24)14(3)26-19-20-21-22-23(19)16-7-5-6-8-17(16)25-4/h5-11,14H,1-4H3. The number of carbonyl (C=O) groups is 1. The van der Waals surface area contributed by atoms with E-state index >= 15 is 0 Å². The molecule has 0 radical (unpaired) electrons. The molecule has 6 nitrogen and oxygen atoms in total. The molecule has 3 rings (SSSR count). The summed E-state index contributed by atoms with van der Waals surface area (Å²) in [7, 11) is 1.60. The first-order valence-electron chi connectivity index (χ1n) is 8.21. The van der Waals surface area contributed by atoms with Crippen molar-refractivity contribution in [2.24, 2.45) is 0 Å². The van der Waals surface area contributed by atoms with Crippen LogP contribution in [0.15, 0.2) is 47.6 Å². The molecule has 1 atom stereocenters. The molecule has 0 saturated heterocycles. The second-order valence-corrected chi connectivity index (χ2v) is 7.30. The number of aromatic nitrogens is 4.